The van der Waals surface area contributed by atoms with Gasteiger partial charge in [0.25, 0.3) is 0 Å². The molecule has 0 bridgehead atoms. The van der Waals surface area contributed by atoms with Gasteiger partial charge in [-0.05, 0) is 30.3 Å². The van der Waals surface area contributed by atoms with Gasteiger partial charge in [0, 0.05) is 21.9 Å². The predicted molar refractivity (Wildman–Crippen MR) is 85.2 cm³/mol. The second-order valence-electron chi connectivity index (χ2n) is 4.80. The molecule has 3 rings (SSSR count). The van der Waals surface area contributed by atoms with E-state index in [-0.39, 0.29) is 0 Å². The number of thioether (sulfide) groups is 1. The van der Waals surface area contributed by atoms with E-state index in [1.807, 2.05) is 6.07 Å². The molecule has 9 heteroatoms. The van der Waals surface area contributed by atoms with Gasteiger partial charge in [-0.15, -0.1) is 16.9 Å². The van der Waals surface area contributed by atoms with Gasteiger partial charge in [0.15, 0.2) is 0 Å². The summed E-state index contributed by atoms with van der Waals surface area (Å²) in [5.74, 6) is 0.391. The molecular weight excluding hydrogens is 361 g/mol. The Hall–Kier alpha value is -2.06. The van der Waals surface area contributed by atoms with Gasteiger partial charge >= 0.3 is 6.18 Å². The summed E-state index contributed by atoms with van der Waals surface area (Å²) >= 11 is 7.16. The molecule has 0 unspecified atom stereocenters. The van der Waals surface area contributed by atoms with Crippen LogP contribution in [0.1, 0.15) is 11.4 Å². The molecule has 1 aromatic carbocycles. The Morgan fingerprint density at radius 1 is 1.17 bits per heavy atom. The van der Waals surface area contributed by atoms with E-state index < -0.39 is 11.9 Å². The maximum absolute atomic E-state index is 12.6. The molecule has 0 atom stereocenters. The van der Waals surface area contributed by atoms with E-state index in [1.165, 1.54) is 17.8 Å². The number of halogens is 4. The van der Waals surface area contributed by atoms with Crippen molar-refractivity contribution in [2.75, 3.05) is 0 Å². The molecule has 0 spiro atoms. The molecule has 24 heavy (non-hydrogen) atoms. The van der Waals surface area contributed by atoms with Crippen LogP contribution in [0.25, 0.3) is 5.69 Å². The number of pyridine rings is 1. The summed E-state index contributed by atoms with van der Waals surface area (Å²) in [6.07, 6.45) is -1.59. The van der Waals surface area contributed by atoms with E-state index in [0.29, 0.717) is 21.4 Å². The molecule has 0 aliphatic rings. The normalized spacial score (nSPS) is 11.7. The number of aromatic nitrogens is 4. The summed E-state index contributed by atoms with van der Waals surface area (Å²) in [7, 11) is 0. The molecule has 3 aromatic rings. The number of hydrogen-bond donors (Lipinski definition) is 0. The first kappa shape index (κ1) is 16.8. The van der Waals surface area contributed by atoms with Gasteiger partial charge in [-0.25, -0.2) is 4.68 Å². The highest BCUT2D eigenvalue weighted by atomic mass is 35.5. The highest BCUT2D eigenvalue weighted by molar-refractivity contribution is 7.98. The Balaban J connectivity index is 1.70. The van der Waals surface area contributed by atoms with Crippen LogP contribution in [-0.2, 0) is 11.9 Å². The Kier molecular flexibility index (Phi) is 4.77. The van der Waals surface area contributed by atoms with Crippen LogP contribution in [0.15, 0.2) is 53.7 Å². The van der Waals surface area contributed by atoms with Gasteiger partial charge in [-0.3, -0.25) is 4.98 Å². The molecule has 124 valence electrons. The summed E-state index contributed by atoms with van der Waals surface area (Å²) in [6, 6.07) is 9.67. The molecule has 2 heterocycles. The Morgan fingerprint density at radius 3 is 2.75 bits per heavy atom. The Labute approximate surface area is 144 Å². The van der Waals surface area contributed by atoms with E-state index in [4.69, 9.17) is 11.6 Å². The number of rotatable bonds is 4. The fraction of sp³-hybridized carbons (Fsp3) is 0.133. The van der Waals surface area contributed by atoms with Crippen molar-refractivity contribution in [2.24, 2.45) is 0 Å². The van der Waals surface area contributed by atoms with Crippen LogP contribution < -0.4 is 0 Å². The lowest BCUT2D eigenvalue weighted by atomic mass is 10.3. The van der Waals surface area contributed by atoms with Gasteiger partial charge in [0.2, 0.25) is 0 Å². The topological polar surface area (TPSA) is 43.6 Å². The fourth-order valence-electron chi connectivity index (χ4n) is 1.92. The summed E-state index contributed by atoms with van der Waals surface area (Å²) in [4.78, 5) is 3.80. The molecule has 0 N–H and O–H groups in total. The average Bonchev–Trinajstić information content (AvgIpc) is 3.01. The van der Waals surface area contributed by atoms with Crippen LogP contribution in [0.5, 0.6) is 0 Å². The largest absolute Gasteiger partial charge is 0.433 e. The lowest BCUT2D eigenvalue weighted by molar-refractivity contribution is -0.141. The van der Waals surface area contributed by atoms with Gasteiger partial charge in [0.1, 0.15) is 5.69 Å². The molecule has 0 fully saturated rings. The minimum atomic E-state index is -4.45. The highest BCUT2D eigenvalue weighted by Gasteiger charge is 2.32. The molecule has 2 aromatic heterocycles. The number of benzene rings is 1. The lowest BCUT2D eigenvalue weighted by Crippen LogP contribution is -2.07. The van der Waals surface area contributed by atoms with Crippen molar-refractivity contribution in [3.8, 4) is 5.69 Å². The Bertz CT molecular complexity index is 850. The van der Waals surface area contributed by atoms with E-state index in [2.05, 4.69) is 15.3 Å². The van der Waals surface area contributed by atoms with Gasteiger partial charge in [0.05, 0.1) is 17.6 Å². The average molecular weight is 371 g/mol. The zero-order valence-corrected chi connectivity index (χ0v) is 13.6. The quantitative estimate of drug-likeness (QED) is 0.628. The van der Waals surface area contributed by atoms with Crippen molar-refractivity contribution < 1.29 is 13.2 Å². The van der Waals surface area contributed by atoms with Crippen molar-refractivity contribution in [3.63, 3.8) is 0 Å². The molecule has 0 amide bonds. The van der Waals surface area contributed by atoms with E-state index in [1.54, 1.807) is 29.1 Å². The van der Waals surface area contributed by atoms with Crippen LogP contribution in [0.2, 0.25) is 5.02 Å². The highest BCUT2D eigenvalue weighted by Crippen LogP contribution is 2.31. The van der Waals surface area contributed by atoms with Crippen molar-refractivity contribution >= 4 is 23.4 Å². The fourth-order valence-corrected chi connectivity index (χ4v) is 2.91. The molecule has 0 aliphatic heterocycles. The molecular formula is C15H10ClF3N4S. The second-order valence-corrected chi connectivity index (χ2v) is 6.28. The smallest absolute Gasteiger partial charge is 0.252 e. The maximum Gasteiger partial charge on any atom is 0.433 e. The molecule has 0 radical (unpaired) electrons. The SMILES string of the molecule is FC(F)(F)c1cc(SCc2cn(-c3cccc(Cl)c3)nn2)ccn1. The van der Waals surface area contributed by atoms with Gasteiger partial charge < -0.3 is 0 Å². The molecule has 0 aliphatic carbocycles. The van der Waals surface area contributed by atoms with Crippen LogP contribution in [-0.4, -0.2) is 20.0 Å². The Morgan fingerprint density at radius 2 is 2.00 bits per heavy atom. The number of alkyl halides is 3. The van der Waals surface area contributed by atoms with E-state index in [9.17, 15) is 13.2 Å². The lowest BCUT2D eigenvalue weighted by Gasteiger charge is -2.06. The van der Waals surface area contributed by atoms with Crippen LogP contribution >= 0.6 is 23.4 Å². The zero-order valence-electron chi connectivity index (χ0n) is 12.0. The predicted octanol–water partition coefficient (Wildman–Crippen LogP) is 4.63. The molecule has 0 saturated carbocycles. The first-order valence-corrected chi connectivity index (χ1v) is 8.11. The number of nitrogens with zero attached hydrogens (tertiary/aromatic N) is 4. The molecule has 0 saturated heterocycles. The summed E-state index contributed by atoms with van der Waals surface area (Å²) in [5.41, 5.74) is 0.495. The monoisotopic (exact) mass is 370 g/mol. The summed E-state index contributed by atoms with van der Waals surface area (Å²) in [6.45, 7) is 0. The summed E-state index contributed by atoms with van der Waals surface area (Å²) in [5, 5.41) is 8.60. The molecule has 4 nitrogen and oxygen atoms in total. The van der Waals surface area contributed by atoms with E-state index in [0.717, 1.165) is 18.0 Å². The third kappa shape index (κ3) is 4.07. The van der Waals surface area contributed by atoms with E-state index >= 15 is 0 Å². The standard InChI is InChI=1S/C15H10ClF3N4S/c16-10-2-1-3-12(6-10)23-8-11(21-22-23)9-24-13-4-5-20-14(7-13)15(17,18)19/h1-8H,9H2. The van der Waals surface area contributed by atoms with Crippen molar-refractivity contribution in [1.82, 2.24) is 20.0 Å². The second kappa shape index (κ2) is 6.82. The van der Waals surface area contributed by atoms with Crippen LogP contribution in [0.3, 0.4) is 0 Å². The zero-order chi connectivity index (χ0) is 17.2. The maximum atomic E-state index is 12.6. The minimum absolute atomic E-state index is 0.391. The van der Waals surface area contributed by atoms with Crippen LogP contribution in [0, 0.1) is 0 Å². The first-order chi connectivity index (χ1) is 11.4. The van der Waals surface area contributed by atoms with Crippen molar-refractivity contribution in [1.29, 1.82) is 0 Å². The minimum Gasteiger partial charge on any atom is -0.252 e. The third-order valence-corrected chi connectivity index (χ3v) is 4.28. The van der Waals surface area contributed by atoms with Crippen molar-refractivity contribution in [2.45, 2.75) is 16.8 Å². The first-order valence-electron chi connectivity index (χ1n) is 6.75. The van der Waals surface area contributed by atoms with Crippen molar-refractivity contribution in [3.05, 3.63) is 65.2 Å². The van der Waals surface area contributed by atoms with Gasteiger partial charge in [-0.1, -0.05) is 22.9 Å². The van der Waals surface area contributed by atoms with Crippen LogP contribution in [0.4, 0.5) is 13.2 Å². The summed E-state index contributed by atoms with van der Waals surface area (Å²) < 4.78 is 39.5. The number of hydrogen-bond acceptors (Lipinski definition) is 4. The third-order valence-electron chi connectivity index (χ3n) is 3.02. The van der Waals surface area contributed by atoms with Gasteiger partial charge in [-0.2, -0.15) is 13.2 Å².